The molecule has 1 aliphatic rings. The summed E-state index contributed by atoms with van der Waals surface area (Å²) in [7, 11) is 1.84. The maximum Gasteiger partial charge on any atom is 0.222 e. The van der Waals surface area contributed by atoms with Crippen molar-refractivity contribution in [3.63, 3.8) is 0 Å². The number of carbonyl (C=O) groups is 2. The fraction of sp³-hybridized carbons (Fsp3) is 0.429. The van der Waals surface area contributed by atoms with Crippen LogP contribution in [-0.4, -0.2) is 35.8 Å². The van der Waals surface area contributed by atoms with E-state index >= 15 is 0 Å². The molecule has 1 aromatic heterocycles. The lowest BCUT2D eigenvalue weighted by Gasteiger charge is -2.29. The van der Waals surface area contributed by atoms with Crippen molar-refractivity contribution in [3.8, 4) is 0 Å². The Labute approximate surface area is 154 Å². The molecule has 138 valence electrons. The van der Waals surface area contributed by atoms with Gasteiger partial charge in [-0.25, -0.2) is 0 Å². The van der Waals surface area contributed by atoms with Gasteiger partial charge in [-0.15, -0.1) is 0 Å². The molecule has 5 nitrogen and oxygen atoms in total. The first-order valence-corrected chi connectivity index (χ1v) is 9.18. The first kappa shape index (κ1) is 18.2. The van der Waals surface area contributed by atoms with Crippen LogP contribution in [0.3, 0.4) is 0 Å². The lowest BCUT2D eigenvalue weighted by atomic mass is 9.87. The summed E-state index contributed by atoms with van der Waals surface area (Å²) in [6.07, 6.45) is 5.43. The van der Waals surface area contributed by atoms with Crippen LogP contribution in [0.1, 0.15) is 37.0 Å². The number of nitrogens with one attached hydrogen (secondary N) is 1. The number of likely N-dealkylation sites (N-methyl/N-ethyl adjacent to an activating group) is 1. The van der Waals surface area contributed by atoms with Gasteiger partial charge in [-0.05, 0) is 37.0 Å². The summed E-state index contributed by atoms with van der Waals surface area (Å²) in [4.78, 5) is 26.1. The predicted molar refractivity (Wildman–Crippen MR) is 99.5 cm³/mol. The highest BCUT2D eigenvalue weighted by Gasteiger charge is 2.38. The van der Waals surface area contributed by atoms with E-state index in [-0.39, 0.29) is 17.4 Å². The third-order valence-electron chi connectivity index (χ3n) is 5.15. The molecular formula is C21H26N2O3. The number of hydrogen-bond donors (Lipinski definition) is 1. The zero-order valence-corrected chi connectivity index (χ0v) is 15.2. The highest BCUT2D eigenvalue weighted by molar-refractivity contribution is 5.80. The van der Waals surface area contributed by atoms with Crippen LogP contribution in [0, 0.1) is 0 Å². The van der Waals surface area contributed by atoms with Crippen molar-refractivity contribution in [2.45, 2.75) is 44.1 Å². The van der Waals surface area contributed by atoms with Gasteiger partial charge in [0.1, 0.15) is 5.76 Å². The van der Waals surface area contributed by atoms with Gasteiger partial charge in [-0.1, -0.05) is 30.3 Å². The SMILES string of the molecule is CN(CCc1ccccc1)C(=O)CC[C@@]1(Cc2ccco2)CCC(=O)N1. The minimum absolute atomic E-state index is 0.0569. The van der Waals surface area contributed by atoms with Gasteiger partial charge in [0.25, 0.3) is 0 Å². The Balaban J connectivity index is 1.53. The minimum atomic E-state index is -0.370. The summed E-state index contributed by atoms with van der Waals surface area (Å²) in [6, 6.07) is 13.9. The molecule has 3 rings (SSSR count). The summed E-state index contributed by atoms with van der Waals surface area (Å²) in [5.74, 6) is 1.01. The first-order chi connectivity index (χ1) is 12.6. The van der Waals surface area contributed by atoms with Crippen LogP contribution in [0.25, 0.3) is 0 Å². The van der Waals surface area contributed by atoms with Crippen LogP contribution in [0.2, 0.25) is 0 Å². The van der Waals surface area contributed by atoms with E-state index in [9.17, 15) is 9.59 Å². The van der Waals surface area contributed by atoms with Crippen molar-refractivity contribution < 1.29 is 14.0 Å². The second-order valence-corrected chi connectivity index (χ2v) is 7.14. The molecule has 1 aliphatic heterocycles. The molecule has 1 fully saturated rings. The standard InChI is InChI=1S/C21H26N2O3/c1-23(14-11-17-6-3-2-4-7-17)20(25)10-13-21(12-9-19(24)22-21)16-18-8-5-15-26-18/h2-8,15H,9-14,16H2,1H3,(H,22,24)/t21-/m1/s1. The Morgan fingerprint density at radius 1 is 1.23 bits per heavy atom. The second-order valence-electron chi connectivity index (χ2n) is 7.14. The Morgan fingerprint density at radius 2 is 2.04 bits per heavy atom. The van der Waals surface area contributed by atoms with Gasteiger partial charge in [0.05, 0.1) is 6.26 Å². The van der Waals surface area contributed by atoms with Crippen molar-refractivity contribution in [1.29, 1.82) is 0 Å². The number of amides is 2. The zero-order valence-electron chi connectivity index (χ0n) is 15.2. The van der Waals surface area contributed by atoms with Crippen molar-refractivity contribution >= 4 is 11.8 Å². The summed E-state index contributed by atoms with van der Waals surface area (Å²) in [5, 5.41) is 3.09. The third kappa shape index (κ3) is 4.75. The van der Waals surface area contributed by atoms with E-state index < -0.39 is 0 Å². The van der Waals surface area contributed by atoms with E-state index in [0.29, 0.717) is 32.2 Å². The second kappa shape index (κ2) is 8.21. The summed E-state index contributed by atoms with van der Waals surface area (Å²) in [6.45, 7) is 0.695. The maximum absolute atomic E-state index is 12.5. The van der Waals surface area contributed by atoms with Gasteiger partial charge in [0, 0.05) is 38.4 Å². The molecule has 0 saturated carbocycles. The van der Waals surface area contributed by atoms with Crippen molar-refractivity contribution in [2.24, 2.45) is 0 Å². The zero-order chi connectivity index (χ0) is 18.4. The predicted octanol–water partition coefficient (Wildman–Crippen LogP) is 2.95. The number of rotatable bonds is 8. The first-order valence-electron chi connectivity index (χ1n) is 9.18. The van der Waals surface area contributed by atoms with Crippen molar-refractivity contribution in [2.75, 3.05) is 13.6 Å². The number of benzene rings is 1. The van der Waals surface area contributed by atoms with Crippen LogP contribution in [0.5, 0.6) is 0 Å². The molecule has 0 aliphatic carbocycles. The van der Waals surface area contributed by atoms with E-state index in [1.807, 2.05) is 37.4 Å². The van der Waals surface area contributed by atoms with Crippen LogP contribution < -0.4 is 5.32 Å². The molecule has 1 atom stereocenters. The molecule has 0 spiro atoms. The minimum Gasteiger partial charge on any atom is -0.469 e. The highest BCUT2D eigenvalue weighted by atomic mass is 16.3. The van der Waals surface area contributed by atoms with Gasteiger partial charge in [-0.2, -0.15) is 0 Å². The smallest absolute Gasteiger partial charge is 0.222 e. The molecule has 2 aromatic rings. The molecule has 0 radical (unpaired) electrons. The van der Waals surface area contributed by atoms with E-state index in [2.05, 4.69) is 17.4 Å². The molecule has 0 bridgehead atoms. The number of nitrogens with zero attached hydrogens (tertiary/aromatic N) is 1. The van der Waals surface area contributed by atoms with Crippen LogP contribution >= 0.6 is 0 Å². The van der Waals surface area contributed by atoms with Gasteiger partial charge < -0.3 is 14.6 Å². The van der Waals surface area contributed by atoms with E-state index in [0.717, 1.165) is 18.6 Å². The van der Waals surface area contributed by atoms with Gasteiger partial charge in [0.2, 0.25) is 11.8 Å². The fourth-order valence-corrected chi connectivity index (χ4v) is 3.53. The quantitative estimate of drug-likeness (QED) is 0.793. The Bertz CT molecular complexity index is 727. The van der Waals surface area contributed by atoms with Crippen molar-refractivity contribution in [3.05, 3.63) is 60.1 Å². The van der Waals surface area contributed by atoms with E-state index in [1.54, 1.807) is 11.2 Å². The Kier molecular flexibility index (Phi) is 5.76. The van der Waals surface area contributed by atoms with Crippen LogP contribution in [0.4, 0.5) is 0 Å². The molecular weight excluding hydrogens is 328 g/mol. The topological polar surface area (TPSA) is 62.6 Å². The lowest BCUT2D eigenvalue weighted by molar-refractivity contribution is -0.130. The number of hydrogen-bond acceptors (Lipinski definition) is 3. The highest BCUT2D eigenvalue weighted by Crippen LogP contribution is 2.30. The summed E-state index contributed by atoms with van der Waals surface area (Å²) >= 11 is 0. The van der Waals surface area contributed by atoms with Crippen LogP contribution in [-0.2, 0) is 22.4 Å². The third-order valence-corrected chi connectivity index (χ3v) is 5.15. The molecule has 26 heavy (non-hydrogen) atoms. The number of carbonyl (C=O) groups excluding carboxylic acids is 2. The molecule has 0 unspecified atom stereocenters. The lowest BCUT2D eigenvalue weighted by Crippen LogP contribution is -2.44. The summed E-state index contributed by atoms with van der Waals surface area (Å²) in [5.41, 5.74) is 0.856. The Hall–Kier alpha value is -2.56. The normalized spacial score (nSPS) is 19.3. The molecule has 1 saturated heterocycles. The monoisotopic (exact) mass is 354 g/mol. The van der Waals surface area contributed by atoms with Crippen LogP contribution in [0.15, 0.2) is 53.1 Å². The van der Waals surface area contributed by atoms with E-state index in [1.165, 1.54) is 5.56 Å². The van der Waals surface area contributed by atoms with Gasteiger partial charge in [0.15, 0.2) is 0 Å². The molecule has 2 amide bonds. The number of furan rings is 1. The largest absolute Gasteiger partial charge is 0.469 e. The molecule has 2 heterocycles. The van der Waals surface area contributed by atoms with Gasteiger partial charge >= 0.3 is 0 Å². The Morgan fingerprint density at radius 3 is 2.69 bits per heavy atom. The molecule has 1 aromatic carbocycles. The molecule has 1 N–H and O–H groups in total. The molecule has 5 heteroatoms. The fourth-order valence-electron chi connectivity index (χ4n) is 3.53. The maximum atomic E-state index is 12.5. The average molecular weight is 354 g/mol. The average Bonchev–Trinajstić information content (AvgIpc) is 3.29. The summed E-state index contributed by atoms with van der Waals surface area (Å²) < 4.78 is 5.45. The van der Waals surface area contributed by atoms with Gasteiger partial charge in [-0.3, -0.25) is 9.59 Å². The van der Waals surface area contributed by atoms with E-state index in [4.69, 9.17) is 4.42 Å². The van der Waals surface area contributed by atoms with Crippen molar-refractivity contribution in [1.82, 2.24) is 10.2 Å².